The standard InChI is InChI=1S/C18H19N3O4/c1-11-5-7-12(8-6-11)17-19-20-18(22)21(17)13-9-14(23-2)16(25-4)15(10-13)24-3/h5-10H,1-4H3,(H,20,22). The van der Waals surface area contributed by atoms with Crippen LogP contribution in [0.15, 0.2) is 41.2 Å². The maximum absolute atomic E-state index is 12.4. The number of nitrogens with one attached hydrogen (secondary N) is 1. The van der Waals surface area contributed by atoms with Crippen molar-refractivity contribution in [2.45, 2.75) is 6.92 Å². The molecule has 25 heavy (non-hydrogen) atoms. The van der Waals surface area contributed by atoms with Gasteiger partial charge < -0.3 is 14.2 Å². The third-order valence-electron chi connectivity index (χ3n) is 3.89. The molecule has 1 aromatic heterocycles. The Balaban J connectivity index is 2.22. The minimum absolute atomic E-state index is 0.357. The van der Waals surface area contributed by atoms with Crippen LogP contribution in [0.1, 0.15) is 5.56 Å². The van der Waals surface area contributed by atoms with Crippen LogP contribution in [0.25, 0.3) is 17.1 Å². The Hall–Kier alpha value is -3.22. The van der Waals surface area contributed by atoms with E-state index in [1.165, 1.54) is 25.9 Å². The highest BCUT2D eigenvalue weighted by molar-refractivity contribution is 5.63. The lowest BCUT2D eigenvalue weighted by atomic mass is 10.1. The van der Waals surface area contributed by atoms with E-state index in [1.54, 1.807) is 12.1 Å². The molecule has 0 unspecified atom stereocenters. The van der Waals surface area contributed by atoms with E-state index < -0.39 is 0 Å². The van der Waals surface area contributed by atoms with Gasteiger partial charge in [-0.05, 0) is 6.92 Å². The van der Waals surface area contributed by atoms with Crippen molar-refractivity contribution >= 4 is 0 Å². The Labute approximate surface area is 144 Å². The molecule has 0 fully saturated rings. The highest BCUT2D eigenvalue weighted by atomic mass is 16.5. The lowest BCUT2D eigenvalue weighted by Gasteiger charge is -2.15. The molecule has 0 aliphatic heterocycles. The van der Waals surface area contributed by atoms with Crippen LogP contribution in [-0.4, -0.2) is 36.1 Å². The molecule has 0 amide bonds. The predicted octanol–water partition coefficient (Wildman–Crippen LogP) is 2.56. The van der Waals surface area contributed by atoms with Gasteiger partial charge in [-0.25, -0.2) is 14.5 Å². The van der Waals surface area contributed by atoms with Gasteiger partial charge in [0.25, 0.3) is 0 Å². The number of benzene rings is 2. The van der Waals surface area contributed by atoms with Crippen molar-refractivity contribution in [1.82, 2.24) is 14.8 Å². The molecule has 0 radical (unpaired) electrons. The Morgan fingerprint density at radius 3 is 2.08 bits per heavy atom. The van der Waals surface area contributed by atoms with Gasteiger partial charge >= 0.3 is 5.69 Å². The normalized spacial score (nSPS) is 10.6. The number of rotatable bonds is 5. The molecule has 1 N–H and O–H groups in total. The first-order valence-corrected chi connectivity index (χ1v) is 7.64. The fourth-order valence-corrected chi connectivity index (χ4v) is 2.63. The Kier molecular flexibility index (Phi) is 4.47. The largest absolute Gasteiger partial charge is 0.493 e. The van der Waals surface area contributed by atoms with Crippen LogP contribution >= 0.6 is 0 Å². The molecule has 0 saturated heterocycles. The molecule has 3 rings (SSSR count). The summed E-state index contributed by atoms with van der Waals surface area (Å²) in [5.74, 6) is 1.88. The fraction of sp³-hybridized carbons (Fsp3) is 0.222. The Morgan fingerprint density at radius 1 is 0.960 bits per heavy atom. The van der Waals surface area contributed by atoms with Crippen molar-refractivity contribution in [3.8, 4) is 34.3 Å². The summed E-state index contributed by atoms with van der Waals surface area (Å²) < 4.78 is 17.5. The number of nitrogens with zero attached hydrogens (tertiary/aromatic N) is 2. The smallest absolute Gasteiger partial charge is 0.348 e. The zero-order chi connectivity index (χ0) is 18.0. The molecule has 7 nitrogen and oxygen atoms in total. The third-order valence-corrected chi connectivity index (χ3v) is 3.89. The van der Waals surface area contributed by atoms with E-state index in [4.69, 9.17) is 14.2 Å². The van der Waals surface area contributed by atoms with E-state index >= 15 is 0 Å². The van der Waals surface area contributed by atoms with Crippen molar-refractivity contribution in [1.29, 1.82) is 0 Å². The van der Waals surface area contributed by atoms with E-state index in [-0.39, 0.29) is 5.69 Å². The van der Waals surface area contributed by atoms with Crippen LogP contribution in [0, 0.1) is 6.92 Å². The highest BCUT2D eigenvalue weighted by Gasteiger charge is 2.18. The Morgan fingerprint density at radius 2 is 1.56 bits per heavy atom. The van der Waals surface area contributed by atoms with Crippen molar-refractivity contribution < 1.29 is 14.2 Å². The van der Waals surface area contributed by atoms with Gasteiger partial charge in [-0.2, -0.15) is 5.10 Å². The van der Waals surface area contributed by atoms with Gasteiger partial charge in [0.2, 0.25) is 5.75 Å². The SMILES string of the molecule is COc1cc(-n2c(-c3ccc(C)cc3)n[nH]c2=O)cc(OC)c1OC. The Bertz CT molecular complexity index is 917. The summed E-state index contributed by atoms with van der Waals surface area (Å²) in [5, 5.41) is 6.66. The van der Waals surface area contributed by atoms with Crippen LogP contribution in [-0.2, 0) is 0 Å². The second kappa shape index (κ2) is 6.72. The summed E-state index contributed by atoms with van der Waals surface area (Å²) in [5.41, 5.74) is 2.15. The minimum atomic E-state index is -0.357. The summed E-state index contributed by atoms with van der Waals surface area (Å²) >= 11 is 0. The van der Waals surface area contributed by atoms with E-state index in [2.05, 4.69) is 10.2 Å². The predicted molar refractivity (Wildman–Crippen MR) is 94.0 cm³/mol. The number of aromatic amines is 1. The first-order chi connectivity index (χ1) is 12.1. The van der Waals surface area contributed by atoms with Crippen molar-refractivity contribution in [3.63, 3.8) is 0 Å². The number of hydrogen-bond acceptors (Lipinski definition) is 5. The number of H-pyrrole nitrogens is 1. The number of aromatic nitrogens is 3. The summed E-state index contributed by atoms with van der Waals surface area (Å²) in [6.45, 7) is 2.00. The molecule has 0 spiro atoms. The average molecular weight is 341 g/mol. The van der Waals surface area contributed by atoms with E-state index in [0.717, 1.165) is 11.1 Å². The van der Waals surface area contributed by atoms with Gasteiger partial charge in [0.15, 0.2) is 17.3 Å². The molecule has 130 valence electrons. The highest BCUT2D eigenvalue weighted by Crippen LogP contribution is 2.39. The summed E-state index contributed by atoms with van der Waals surface area (Å²) in [6, 6.07) is 11.2. The summed E-state index contributed by atoms with van der Waals surface area (Å²) in [6.07, 6.45) is 0. The topological polar surface area (TPSA) is 78.4 Å². The lowest BCUT2D eigenvalue weighted by Crippen LogP contribution is -2.16. The maximum Gasteiger partial charge on any atom is 0.348 e. The van der Waals surface area contributed by atoms with Crippen LogP contribution < -0.4 is 19.9 Å². The van der Waals surface area contributed by atoms with Crippen LogP contribution in [0.2, 0.25) is 0 Å². The molecular formula is C18H19N3O4. The molecule has 3 aromatic rings. The van der Waals surface area contributed by atoms with E-state index in [0.29, 0.717) is 28.8 Å². The van der Waals surface area contributed by atoms with Gasteiger partial charge in [0, 0.05) is 17.7 Å². The van der Waals surface area contributed by atoms with Crippen LogP contribution in [0.4, 0.5) is 0 Å². The van der Waals surface area contributed by atoms with Crippen molar-refractivity contribution in [2.24, 2.45) is 0 Å². The van der Waals surface area contributed by atoms with Gasteiger partial charge in [0.05, 0.1) is 27.0 Å². The molecule has 2 aromatic carbocycles. The van der Waals surface area contributed by atoms with E-state index in [1.807, 2.05) is 31.2 Å². The monoisotopic (exact) mass is 341 g/mol. The first-order valence-electron chi connectivity index (χ1n) is 7.64. The maximum atomic E-state index is 12.4. The molecule has 1 heterocycles. The summed E-state index contributed by atoms with van der Waals surface area (Å²) in [4.78, 5) is 12.4. The number of aryl methyl sites for hydroxylation is 1. The quantitative estimate of drug-likeness (QED) is 0.772. The summed E-state index contributed by atoms with van der Waals surface area (Å²) in [7, 11) is 4.59. The second-order valence-electron chi connectivity index (χ2n) is 5.44. The zero-order valence-electron chi connectivity index (χ0n) is 14.5. The van der Waals surface area contributed by atoms with Crippen molar-refractivity contribution in [3.05, 3.63) is 52.4 Å². The molecule has 0 atom stereocenters. The molecule has 0 saturated carbocycles. The van der Waals surface area contributed by atoms with Gasteiger partial charge in [-0.3, -0.25) is 0 Å². The van der Waals surface area contributed by atoms with Gasteiger partial charge in [-0.15, -0.1) is 0 Å². The lowest BCUT2D eigenvalue weighted by molar-refractivity contribution is 0.324. The molecule has 0 aliphatic carbocycles. The van der Waals surface area contributed by atoms with Crippen molar-refractivity contribution in [2.75, 3.05) is 21.3 Å². The fourth-order valence-electron chi connectivity index (χ4n) is 2.63. The van der Waals surface area contributed by atoms with Crippen LogP contribution in [0.3, 0.4) is 0 Å². The number of hydrogen-bond donors (Lipinski definition) is 1. The zero-order valence-corrected chi connectivity index (χ0v) is 14.5. The number of methoxy groups -OCH3 is 3. The first kappa shape index (κ1) is 16.6. The van der Waals surface area contributed by atoms with Gasteiger partial charge in [-0.1, -0.05) is 29.8 Å². The molecular weight excluding hydrogens is 322 g/mol. The second-order valence-corrected chi connectivity index (χ2v) is 5.44. The number of ether oxygens (including phenoxy) is 3. The van der Waals surface area contributed by atoms with Crippen LogP contribution in [0.5, 0.6) is 17.2 Å². The average Bonchev–Trinajstić information content (AvgIpc) is 3.02. The molecule has 0 bridgehead atoms. The molecule has 0 aliphatic rings. The minimum Gasteiger partial charge on any atom is -0.493 e. The van der Waals surface area contributed by atoms with Gasteiger partial charge in [0.1, 0.15) is 0 Å². The van der Waals surface area contributed by atoms with E-state index in [9.17, 15) is 4.79 Å². The molecule has 7 heteroatoms. The third kappa shape index (κ3) is 2.96.